The van der Waals surface area contributed by atoms with Crippen LogP contribution in [-0.4, -0.2) is 43.9 Å². The monoisotopic (exact) mass is 280 g/mol. The quantitative estimate of drug-likeness (QED) is 0.763. The number of hydrogen-bond donors (Lipinski definition) is 2. The molecule has 1 aromatic rings. The highest BCUT2D eigenvalue weighted by Gasteiger charge is 2.06. The summed E-state index contributed by atoms with van der Waals surface area (Å²) in [7, 11) is 1.91. The van der Waals surface area contributed by atoms with Crippen molar-refractivity contribution in [3.63, 3.8) is 0 Å². The minimum atomic E-state index is -0.151. The maximum absolute atomic E-state index is 11.7. The second kappa shape index (κ2) is 8.55. The zero-order chi connectivity index (χ0) is 15.0. The summed E-state index contributed by atoms with van der Waals surface area (Å²) in [5, 5.41) is 11.7. The number of nitrogens with zero attached hydrogens (tertiary/aromatic N) is 1. The first-order valence-electron chi connectivity index (χ1n) is 6.90. The maximum Gasteiger partial charge on any atom is 0.250 e. The van der Waals surface area contributed by atoms with Gasteiger partial charge in [-0.3, -0.25) is 4.79 Å². The number of likely N-dealkylation sites (N-methyl/N-ethyl adjacent to an activating group) is 1. The molecular formula is C15H24N2O3. The van der Waals surface area contributed by atoms with Crippen molar-refractivity contribution < 1.29 is 14.6 Å². The predicted molar refractivity (Wildman–Crippen MR) is 81.1 cm³/mol. The lowest BCUT2D eigenvalue weighted by atomic mass is 10.2. The molecule has 0 fully saturated rings. The summed E-state index contributed by atoms with van der Waals surface area (Å²) in [6.45, 7) is 4.72. The summed E-state index contributed by atoms with van der Waals surface area (Å²) in [4.78, 5) is 13.6. The Bertz CT molecular complexity index is 406. The van der Waals surface area contributed by atoms with Crippen LogP contribution in [0.2, 0.25) is 0 Å². The second-order valence-electron chi connectivity index (χ2n) is 4.77. The van der Waals surface area contributed by atoms with E-state index in [0.717, 1.165) is 17.8 Å². The Morgan fingerprint density at radius 3 is 2.60 bits per heavy atom. The van der Waals surface area contributed by atoms with E-state index < -0.39 is 0 Å². The van der Waals surface area contributed by atoms with Crippen molar-refractivity contribution in [2.24, 2.45) is 0 Å². The molecule has 0 spiro atoms. The molecule has 112 valence electrons. The molecule has 0 aliphatic carbocycles. The van der Waals surface area contributed by atoms with Crippen LogP contribution in [0, 0.1) is 0 Å². The number of aliphatic hydroxyl groups is 1. The van der Waals surface area contributed by atoms with Crippen molar-refractivity contribution in [3.05, 3.63) is 24.3 Å². The number of anilines is 2. The van der Waals surface area contributed by atoms with Crippen molar-refractivity contribution in [3.8, 4) is 0 Å². The van der Waals surface area contributed by atoms with E-state index in [4.69, 9.17) is 9.84 Å². The average molecular weight is 280 g/mol. The van der Waals surface area contributed by atoms with Crippen molar-refractivity contribution in [2.45, 2.75) is 26.4 Å². The summed E-state index contributed by atoms with van der Waals surface area (Å²) in [5.74, 6) is -0.151. The highest BCUT2D eigenvalue weighted by molar-refractivity contribution is 5.91. The Hall–Kier alpha value is -1.59. The normalized spacial score (nSPS) is 12.0. The number of nitrogens with one attached hydrogen (secondary N) is 1. The summed E-state index contributed by atoms with van der Waals surface area (Å²) < 4.78 is 5.37. The molecule has 0 saturated heterocycles. The van der Waals surface area contributed by atoms with Crippen LogP contribution in [0.1, 0.15) is 20.3 Å². The lowest BCUT2D eigenvalue weighted by molar-refractivity contribution is -0.122. The highest BCUT2D eigenvalue weighted by Crippen LogP contribution is 2.16. The molecule has 5 heteroatoms. The molecule has 1 aromatic carbocycles. The molecule has 0 aliphatic rings. The fourth-order valence-corrected chi connectivity index (χ4v) is 1.61. The Morgan fingerprint density at radius 1 is 1.40 bits per heavy atom. The van der Waals surface area contributed by atoms with Gasteiger partial charge in [0.2, 0.25) is 5.91 Å². The molecule has 20 heavy (non-hydrogen) atoms. The SMILES string of the molecule is CCC(C)OCC(=O)Nc1ccc(N(C)CCO)cc1. The largest absolute Gasteiger partial charge is 0.395 e. The predicted octanol–water partition coefficient (Wildman–Crippen LogP) is 1.87. The van der Waals surface area contributed by atoms with E-state index in [1.165, 1.54) is 0 Å². The third-order valence-electron chi connectivity index (χ3n) is 3.10. The number of ether oxygens (including phenoxy) is 1. The standard InChI is InChI=1S/C15H24N2O3/c1-4-12(2)20-11-15(19)16-13-5-7-14(8-6-13)17(3)9-10-18/h5-8,12,18H,4,9-11H2,1-3H3,(H,16,19). The molecule has 1 atom stereocenters. The van der Waals surface area contributed by atoms with E-state index in [2.05, 4.69) is 5.32 Å². The summed E-state index contributed by atoms with van der Waals surface area (Å²) in [6, 6.07) is 7.48. The number of carbonyl (C=O) groups is 1. The third kappa shape index (κ3) is 5.59. The van der Waals surface area contributed by atoms with Gasteiger partial charge < -0.3 is 20.1 Å². The van der Waals surface area contributed by atoms with Gasteiger partial charge in [-0.2, -0.15) is 0 Å². The first kappa shape index (κ1) is 16.5. The van der Waals surface area contributed by atoms with Crippen molar-refractivity contribution >= 4 is 17.3 Å². The molecule has 0 radical (unpaired) electrons. The molecule has 0 bridgehead atoms. The number of amides is 1. The van der Waals surface area contributed by atoms with Crippen LogP contribution in [0.15, 0.2) is 24.3 Å². The molecule has 0 aromatic heterocycles. The van der Waals surface area contributed by atoms with E-state index >= 15 is 0 Å². The maximum atomic E-state index is 11.7. The molecule has 1 amide bonds. The van der Waals surface area contributed by atoms with Crippen LogP contribution in [-0.2, 0) is 9.53 Å². The third-order valence-corrected chi connectivity index (χ3v) is 3.10. The number of rotatable bonds is 8. The van der Waals surface area contributed by atoms with Gasteiger partial charge in [0.05, 0.1) is 12.7 Å². The van der Waals surface area contributed by atoms with Crippen LogP contribution in [0.25, 0.3) is 0 Å². The van der Waals surface area contributed by atoms with E-state index in [0.29, 0.717) is 6.54 Å². The van der Waals surface area contributed by atoms with Gasteiger partial charge in [-0.15, -0.1) is 0 Å². The number of aliphatic hydroxyl groups excluding tert-OH is 1. The minimum Gasteiger partial charge on any atom is -0.395 e. The van der Waals surface area contributed by atoms with Crippen LogP contribution in [0.4, 0.5) is 11.4 Å². The van der Waals surface area contributed by atoms with Gasteiger partial charge >= 0.3 is 0 Å². The molecule has 1 unspecified atom stereocenters. The Morgan fingerprint density at radius 2 is 2.05 bits per heavy atom. The van der Waals surface area contributed by atoms with E-state index in [1.807, 2.05) is 50.1 Å². The Kier molecular flexibility index (Phi) is 7.04. The number of hydrogen-bond acceptors (Lipinski definition) is 4. The van der Waals surface area contributed by atoms with E-state index in [9.17, 15) is 4.79 Å². The lowest BCUT2D eigenvalue weighted by Crippen LogP contribution is -2.22. The van der Waals surface area contributed by atoms with Crippen LogP contribution >= 0.6 is 0 Å². The van der Waals surface area contributed by atoms with Crippen LogP contribution < -0.4 is 10.2 Å². The molecule has 0 heterocycles. The first-order chi connectivity index (χ1) is 9.56. The lowest BCUT2D eigenvalue weighted by Gasteiger charge is -2.18. The fraction of sp³-hybridized carbons (Fsp3) is 0.533. The molecule has 5 nitrogen and oxygen atoms in total. The Balaban J connectivity index is 2.46. The average Bonchev–Trinajstić information content (AvgIpc) is 2.45. The molecule has 1 rings (SSSR count). The van der Waals surface area contributed by atoms with Crippen molar-refractivity contribution in [2.75, 3.05) is 37.0 Å². The van der Waals surface area contributed by atoms with Gasteiger partial charge in [-0.1, -0.05) is 6.92 Å². The van der Waals surface area contributed by atoms with E-state index in [1.54, 1.807) is 0 Å². The van der Waals surface area contributed by atoms with Gasteiger partial charge in [0, 0.05) is 25.0 Å². The van der Waals surface area contributed by atoms with Gasteiger partial charge in [0.25, 0.3) is 0 Å². The zero-order valence-electron chi connectivity index (χ0n) is 12.4. The summed E-state index contributed by atoms with van der Waals surface area (Å²) >= 11 is 0. The van der Waals surface area contributed by atoms with Crippen LogP contribution in [0.3, 0.4) is 0 Å². The first-order valence-corrected chi connectivity index (χ1v) is 6.90. The van der Waals surface area contributed by atoms with Gasteiger partial charge in [-0.05, 0) is 37.6 Å². The smallest absolute Gasteiger partial charge is 0.250 e. The topological polar surface area (TPSA) is 61.8 Å². The minimum absolute atomic E-state index is 0.0706. The second-order valence-corrected chi connectivity index (χ2v) is 4.77. The van der Waals surface area contributed by atoms with Crippen LogP contribution in [0.5, 0.6) is 0 Å². The molecule has 0 aliphatic heterocycles. The summed E-state index contributed by atoms with van der Waals surface area (Å²) in [6.07, 6.45) is 0.981. The summed E-state index contributed by atoms with van der Waals surface area (Å²) in [5.41, 5.74) is 1.73. The molecule has 2 N–H and O–H groups in total. The van der Waals surface area contributed by atoms with Crippen molar-refractivity contribution in [1.82, 2.24) is 0 Å². The zero-order valence-corrected chi connectivity index (χ0v) is 12.4. The number of benzene rings is 1. The Labute approximate surface area is 120 Å². The number of carbonyl (C=O) groups excluding carboxylic acids is 1. The highest BCUT2D eigenvalue weighted by atomic mass is 16.5. The van der Waals surface area contributed by atoms with Gasteiger partial charge in [-0.25, -0.2) is 0 Å². The van der Waals surface area contributed by atoms with Crippen molar-refractivity contribution in [1.29, 1.82) is 0 Å². The van der Waals surface area contributed by atoms with E-state index in [-0.39, 0.29) is 25.2 Å². The fourth-order valence-electron chi connectivity index (χ4n) is 1.61. The van der Waals surface area contributed by atoms with Gasteiger partial charge in [0.15, 0.2) is 0 Å². The molecule has 0 saturated carbocycles. The molecular weight excluding hydrogens is 256 g/mol. The van der Waals surface area contributed by atoms with Gasteiger partial charge in [0.1, 0.15) is 6.61 Å².